The average molecular weight is 533 g/mol. The molecule has 0 spiro atoms. The summed E-state index contributed by atoms with van der Waals surface area (Å²) in [7, 11) is 0. The molecule has 192 valence electrons. The van der Waals surface area contributed by atoms with E-state index in [0.717, 1.165) is 0 Å². The first kappa shape index (κ1) is 25.0. The normalized spacial score (nSPS) is 15.7. The van der Waals surface area contributed by atoms with Crippen LogP contribution in [0, 0.1) is 5.82 Å². The van der Waals surface area contributed by atoms with Gasteiger partial charge in [0.1, 0.15) is 18.0 Å². The van der Waals surface area contributed by atoms with E-state index in [1.54, 1.807) is 30.5 Å². The van der Waals surface area contributed by atoms with Crippen LogP contribution in [0.1, 0.15) is 36.7 Å². The first-order valence-corrected chi connectivity index (χ1v) is 12.2. The van der Waals surface area contributed by atoms with Gasteiger partial charge in [0.2, 0.25) is 11.8 Å². The van der Waals surface area contributed by atoms with Crippen molar-refractivity contribution in [1.29, 1.82) is 0 Å². The number of nitrogens with one attached hydrogen (secondary N) is 3. The molecule has 10 nitrogen and oxygen atoms in total. The summed E-state index contributed by atoms with van der Waals surface area (Å²) in [5.74, 6) is -0.503. The van der Waals surface area contributed by atoms with Crippen molar-refractivity contribution in [1.82, 2.24) is 35.5 Å². The second kappa shape index (κ2) is 11.2. The third-order valence-corrected chi connectivity index (χ3v) is 6.10. The van der Waals surface area contributed by atoms with Crippen LogP contribution in [-0.4, -0.2) is 42.0 Å². The van der Waals surface area contributed by atoms with E-state index in [1.165, 1.54) is 35.3 Å². The summed E-state index contributed by atoms with van der Waals surface area (Å²) in [5, 5.41) is 17.5. The van der Waals surface area contributed by atoms with Gasteiger partial charge in [-0.25, -0.2) is 9.37 Å². The molecule has 5 rings (SSSR count). The Morgan fingerprint density at radius 1 is 1.21 bits per heavy atom. The molecule has 3 heterocycles. The van der Waals surface area contributed by atoms with Gasteiger partial charge in [-0.2, -0.15) is 4.68 Å². The van der Waals surface area contributed by atoms with Gasteiger partial charge in [0.25, 0.3) is 0 Å². The Kier molecular flexibility index (Phi) is 7.36. The predicted octanol–water partition coefficient (Wildman–Crippen LogP) is 4.39. The van der Waals surface area contributed by atoms with Crippen LogP contribution < -0.4 is 10.6 Å². The number of anilines is 1. The van der Waals surface area contributed by atoms with Gasteiger partial charge in [-0.05, 0) is 65.7 Å². The van der Waals surface area contributed by atoms with Crippen molar-refractivity contribution in [2.75, 3.05) is 5.32 Å². The highest BCUT2D eigenvalue weighted by atomic mass is 35.5. The van der Waals surface area contributed by atoms with Gasteiger partial charge in [-0.3, -0.25) is 9.59 Å². The van der Waals surface area contributed by atoms with Gasteiger partial charge in [0, 0.05) is 28.6 Å². The highest BCUT2D eigenvalue weighted by Crippen LogP contribution is 2.30. The van der Waals surface area contributed by atoms with Crippen LogP contribution >= 0.6 is 11.6 Å². The molecule has 38 heavy (non-hydrogen) atoms. The molecule has 0 fully saturated rings. The fourth-order valence-corrected chi connectivity index (χ4v) is 4.22. The fraction of sp³-hybridized carbons (Fsp3) is 0.154. The summed E-state index contributed by atoms with van der Waals surface area (Å²) < 4.78 is 15.5. The van der Waals surface area contributed by atoms with E-state index < -0.39 is 11.9 Å². The zero-order valence-corrected chi connectivity index (χ0v) is 20.7. The fourth-order valence-electron chi connectivity index (χ4n) is 4.04. The Hall–Kier alpha value is -4.64. The van der Waals surface area contributed by atoms with Gasteiger partial charge in [0.05, 0.1) is 29.3 Å². The van der Waals surface area contributed by atoms with E-state index in [0.29, 0.717) is 51.9 Å². The molecule has 0 radical (unpaired) electrons. The van der Waals surface area contributed by atoms with Gasteiger partial charge in [-0.15, -0.1) is 5.10 Å². The summed E-state index contributed by atoms with van der Waals surface area (Å²) in [5.41, 5.74) is 2.74. The SMILES string of the molecule is O=C(C=Cc1cc(Cl)ccc1-n1cnnn1)NC1CC=CCCC(=O)Nc2ccc(F)cc2-c2cnc1[nH]2. The largest absolute Gasteiger partial charge is 0.342 e. The van der Waals surface area contributed by atoms with Crippen LogP contribution in [0.4, 0.5) is 10.1 Å². The number of carbonyl (C=O) groups excluding carboxylic acids is 2. The Morgan fingerprint density at radius 3 is 2.95 bits per heavy atom. The topological polar surface area (TPSA) is 130 Å². The first-order chi connectivity index (χ1) is 18.5. The van der Waals surface area contributed by atoms with Crippen LogP contribution in [0.2, 0.25) is 5.02 Å². The van der Waals surface area contributed by atoms with Gasteiger partial charge in [-0.1, -0.05) is 23.8 Å². The lowest BCUT2D eigenvalue weighted by Crippen LogP contribution is -2.27. The van der Waals surface area contributed by atoms with Crippen LogP contribution in [0.5, 0.6) is 0 Å². The molecule has 1 atom stereocenters. The molecule has 2 bridgehead atoms. The number of benzene rings is 2. The smallest absolute Gasteiger partial charge is 0.244 e. The van der Waals surface area contributed by atoms with Crippen molar-refractivity contribution < 1.29 is 14.0 Å². The number of rotatable bonds is 4. The highest BCUT2D eigenvalue weighted by Gasteiger charge is 2.19. The number of carbonyl (C=O) groups is 2. The van der Waals surface area contributed by atoms with E-state index in [4.69, 9.17) is 11.6 Å². The summed E-state index contributed by atoms with van der Waals surface area (Å²) >= 11 is 6.16. The highest BCUT2D eigenvalue weighted by molar-refractivity contribution is 6.30. The number of hydrogen-bond donors (Lipinski definition) is 3. The van der Waals surface area contributed by atoms with Crippen LogP contribution in [0.25, 0.3) is 23.0 Å². The number of allylic oxidation sites excluding steroid dienone is 1. The summed E-state index contributed by atoms with van der Waals surface area (Å²) in [6.07, 6.45) is 11.0. The van der Waals surface area contributed by atoms with Crippen LogP contribution in [0.3, 0.4) is 0 Å². The first-order valence-electron chi connectivity index (χ1n) is 11.8. The van der Waals surface area contributed by atoms with Gasteiger partial charge in [0.15, 0.2) is 0 Å². The molecule has 1 unspecified atom stereocenters. The number of aromatic nitrogens is 6. The second-order valence-corrected chi connectivity index (χ2v) is 8.95. The second-order valence-electron chi connectivity index (χ2n) is 8.52. The van der Waals surface area contributed by atoms with E-state index >= 15 is 0 Å². The maximum absolute atomic E-state index is 14.1. The van der Waals surface area contributed by atoms with Gasteiger partial charge < -0.3 is 15.6 Å². The number of tetrazole rings is 1. The van der Waals surface area contributed by atoms with Crippen LogP contribution in [0.15, 0.2) is 67.2 Å². The van der Waals surface area contributed by atoms with E-state index in [9.17, 15) is 14.0 Å². The van der Waals surface area contributed by atoms with Crippen molar-refractivity contribution in [3.05, 3.63) is 89.4 Å². The number of halogens is 2. The Morgan fingerprint density at radius 2 is 2.11 bits per heavy atom. The quantitative estimate of drug-likeness (QED) is 0.264. The van der Waals surface area contributed by atoms with E-state index in [-0.39, 0.29) is 18.2 Å². The van der Waals surface area contributed by atoms with Crippen molar-refractivity contribution >= 4 is 35.2 Å². The van der Waals surface area contributed by atoms with Gasteiger partial charge >= 0.3 is 0 Å². The lowest BCUT2D eigenvalue weighted by molar-refractivity contribution is -0.117. The molecular weight excluding hydrogens is 511 g/mol. The number of nitrogens with zero attached hydrogens (tertiary/aromatic N) is 5. The third kappa shape index (κ3) is 5.84. The number of imidazole rings is 1. The molecule has 2 amide bonds. The lowest BCUT2D eigenvalue weighted by Gasteiger charge is -2.14. The number of hydrogen-bond acceptors (Lipinski definition) is 6. The molecule has 4 aromatic rings. The maximum Gasteiger partial charge on any atom is 0.244 e. The van der Waals surface area contributed by atoms with E-state index in [1.807, 2.05) is 12.2 Å². The van der Waals surface area contributed by atoms with Crippen molar-refractivity contribution in [3.8, 4) is 16.9 Å². The molecule has 1 aliphatic rings. The number of fused-ring (bicyclic) bond motifs is 4. The molecule has 0 saturated carbocycles. The third-order valence-electron chi connectivity index (χ3n) is 5.86. The zero-order chi connectivity index (χ0) is 26.5. The molecule has 0 saturated heterocycles. The summed E-state index contributed by atoms with van der Waals surface area (Å²) in [6, 6.07) is 8.79. The standard InChI is InChI=1S/C26H22ClFN8O2/c27-17-7-10-23(36-15-30-34-35-36)16(12-17)6-11-25(38)32-21-4-2-1-3-5-24(37)31-20-9-8-18(28)13-19(20)22-14-29-26(21)33-22/h1-2,6-15,21H,3-5H2,(H,29,33)(H,31,37)(H,32,38). The Balaban J connectivity index is 1.41. The molecule has 0 aliphatic carbocycles. The van der Waals surface area contributed by atoms with E-state index in [2.05, 4.69) is 36.1 Å². The number of amides is 2. The predicted molar refractivity (Wildman–Crippen MR) is 140 cm³/mol. The van der Waals surface area contributed by atoms with Crippen molar-refractivity contribution in [2.45, 2.75) is 25.3 Å². The lowest BCUT2D eigenvalue weighted by atomic mass is 10.1. The van der Waals surface area contributed by atoms with Crippen molar-refractivity contribution in [2.24, 2.45) is 0 Å². The molecule has 2 aromatic carbocycles. The Bertz CT molecular complexity index is 1530. The Labute approximate surface area is 221 Å². The molecular formula is C26H22ClFN8O2. The maximum atomic E-state index is 14.1. The van der Waals surface area contributed by atoms with Crippen LogP contribution in [-0.2, 0) is 9.59 Å². The number of H-pyrrole nitrogens is 1. The minimum absolute atomic E-state index is 0.182. The monoisotopic (exact) mass is 532 g/mol. The number of aromatic amines is 1. The average Bonchev–Trinajstić information content (AvgIpc) is 3.60. The molecule has 12 heteroatoms. The minimum atomic E-state index is -0.503. The molecule has 2 aromatic heterocycles. The molecule has 1 aliphatic heterocycles. The van der Waals surface area contributed by atoms with Crippen molar-refractivity contribution in [3.63, 3.8) is 0 Å². The zero-order valence-electron chi connectivity index (χ0n) is 19.9. The molecule has 3 N–H and O–H groups in total. The summed E-state index contributed by atoms with van der Waals surface area (Å²) in [4.78, 5) is 32.9. The minimum Gasteiger partial charge on any atom is -0.342 e. The summed E-state index contributed by atoms with van der Waals surface area (Å²) in [6.45, 7) is 0.